The quantitative estimate of drug-likeness (QED) is 0.475. The molecule has 0 aliphatic carbocycles. The summed E-state index contributed by atoms with van der Waals surface area (Å²) in [7, 11) is 0. The SMILES string of the molecule is CCSc1cccc(C(=O)Nc2cc(C)nn2-c2nc3ccccc3s2)c1. The Labute approximate surface area is 165 Å². The summed E-state index contributed by atoms with van der Waals surface area (Å²) in [6.07, 6.45) is 0. The molecule has 0 saturated carbocycles. The average molecular weight is 395 g/mol. The van der Waals surface area contributed by atoms with Gasteiger partial charge in [0.25, 0.3) is 5.91 Å². The zero-order chi connectivity index (χ0) is 18.8. The fourth-order valence-electron chi connectivity index (χ4n) is 2.77. The summed E-state index contributed by atoms with van der Waals surface area (Å²) in [5.74, 6) is 1.43. The number of nitrogens with zero attached hydrogens (tertiary/aromatic N) is 3. The molecule has 1 N–H and O–H groups in total. The minimum Gasteiger partial charge on any atom is -0.306 e. The number of anilines is 1. The molecule has 136 valence electrons. The van der Waals surface area contributed by atoms with E-state index in [0.29, 0.717) is 11.4 Å². The number of carbonyl (C=O) groups excluding carboxylic acids is 1. The molecule has 0 aliphatic rings. The standard InChI is InChI=1S/C20H18N4OS2/c1-3-26-15-8-6-7-14(12-15)19(25)22-18-11-13(2)23-24(18)20-21-16-9-4-5-10-17(16)27-20/h4-12H,3H2,1-2H3,(H,22,25). The number of hydrogen-bond acceptors (Lipinski definition) is 5. The zero-order valence-corrected chi connectivity index (χ0v) is 16.6. The molecular formula is C20H18N4OS2. The lowest BCUT2D eigenvalue weighted by Gasteiger charge is -2.07. The van der Waals surface area contributed by atoms with Crippen LogP contribution in [0.3, 0.4) is 0 Å². The molecular weight excluding hydrogens is 376 g/mol. The second kappa shape index (κ2) is 7.54. The van der Waals surface area contributed by atoms with Crippen molar-refractivity contribution in [3.63, 3.8) is 0 Å². The van der Waals surface area contributed by atoms with Crippen LogP contribution in [0.2, 0.25) is 0 Å². The van der Waals surface area contributed by atoms with E-state index in [1.54, 1.807) is 27.8 Å². The molecule has 0 saturated heterocycles. The van der Waals surface area contributed by atoms with Gasteiger partial charge in [0.1, 0.15) is 5.82 Å². The van der Waals surface area contributed by atoms with Crippen LogP contribution >= 0.6 is 23.1 Å². The van der Waals surface area contributed by atoms with Crippen molar-refractivity contribution in [3.05, 3.63) is 65.9 Å². The molecule has 0 spiro atoms. The summed E-state index contributed by atoms with van der Waals surface area (Å²) in [4.78, 5) is 18.5. The average Bonchev–Trinajstić information content (AvgIpc) is 3.25. The van der Waals surface area contributed by atoms with Gasteiger partial charge in [-0.05, 0) is 43.0 Å². The maximum absolute atomic E-state index is 12.8. The van der Waals surface area contributed by atoms with Crippen molar-refractivity contribution in [1.82, 2.24) is 14.8 Å². The van der Waals surface area contributed by atoms with Crippen molar-refractivity contribution in [2.75, 3.05) is 11.1 Å². The molecule has 7 heteroatoms. The Hall–Kier alpha value is -2.64. The molecule has 2 heterocycles. The van der Waals surface area contributed by atoms with Crippen LogP contribution in [0.1, 0.15) is 23.0 Å². The molecule has 0 aliphatic heterocycles. The molecule has 0 bridgehead atoms. The predicted molar refractivity (Wildman–Crippen MR) is 112 cm³/mol. The third kappa shape index (κ3) is 3.74. The number of nitrogens with one attached hydrogen (secondary N) is 1. The first kappa shape index (κ1) is 17.8. The number of carbonyl (C=O) groups is 1. The molecule has 2 aromatic heterocycles. The smallest absolute Gasteiger partial charge is 0.256 e. The number of thiazole rings is 1. The third-order valence-corrected chi connectivity index (χ3v) is 5.83. The van der Waals surface area contributed by atoms with E-state index in [1.807, 2.05) is 61.5 Å². The van der Waals surface area contributed by atoms with Gasteiger partial charge in [0.2, 0.25) is 5.13 Å². The zero-order valence-electron chi connectivity index (χ0n) is 15.0. The van der Waals surface area contributed by atoms with Gasteiger partial charge in [0.15, 0.2) is 0 Å². The molecule has 5 nitrogen and oxygen atoms in total. The first-order chi connectivity index (χ1) is 13.1. The Balaban J connectivity index is 1.65. The second-order valence-electron chi connectivity index (χ2n) is 5.96. The van der Waals surface area contributed by atoms with Crippen LogP contribution in [-0.2, 0) is 0 Å². The van der Waals surface area contributed by atoms with E-state index in [2.05, 4.69) is 22.3 Å². The van der Waals surface area contributed by atoms with E-state index in [-0.39, 0.29) is 5.91 Å². The predicted octanol–water partition coefficient (Wildman–Crippen LogP) is 5.15. The lowest BCUT2D eigenvalue weighted by Crippen LogP contribution is -2.15. The number of hydrogen-bond donors (Lipinski definition) is 1. The van der Waals surface area contributed by atoms with Gasteiger partial charge in [-0.25, -0.2) is 4.98 Å². The van der Waals surface area contributed by atoms with Crippen LogP contribution in [0.4, 0.5) is 5.82 Å². The van der Waals surface area contributed by atoms with Gasteiger partial charge < -0.3 is 5.32 Å². The maximum atomic E-state index is 12.8. The lowest BCUT2D eigenvalue weighted by molar-refractivity contribution is 0.102. The Kier molecular flexibility index (Phi) is 4.96. The lowest BCUT2D eigenvalue weighted by atomic mass is 10.2. The largest absolute Gasteiger partial charge is 0.306 e. The Morgan fingerprint density at radius 3 is 2.85 bits per heavy atom. The van der Waals surface area contributed by atoms with E-state index in [9.17, 15) is 4.79 Å². The van der Waals surface area contributed by atoms with Gasteiger partial charge in [0.05, 0.1) is 15.9 Å². The summed E-state index contributed by atoms with van der Waals surface area (Å²) >= 11 is 3.26. The van der Waals surface area contributed by atoms with Crippen LogP contribution in [-0.4, -0.2) is 26.4 Å². The van der Waals surface area contributed by atoms with Gasteiger partial charge in [-0.15, -0.1) is 11.8 Å². The summed E-state index contributed by atoms with van der Waals surface area (Å²) in [5.41, 5.74) is 2.37. The number of thioether (sulfide) groups is 1. The first-order valence-corrected chi connectivity index (χ1v) is 10.4. The van der Waals surface area contributed by atoms with Gasteiger partial charge in [-0.1, -0.05) is 36.5 Å². The van der Waals surface area contributed by atoms with Gasteiger partial charge in [-0.2, -0.15) is 9.78 Å². The number of fused-ring (bicyclic) bond motifs is 1. The highest BCUT2D eigenvalue weighted by Gasteiger charge is 2.15. The normalized spacial score (nSPS) is 11.0. The molecule has 4 rings (SSSR count). The summed E-state index contributed by atoms with van der Waals surface area (Å²) in [6.45, 7) is 3.99. The molecule has 0 unspecified atom stereocenters. The number of aryl methyl sites for hydroxylation is 1. The Morgan fingerprint density at radius 1 is 1.19 bits per heavy atom. The van der Waals surface area contributed by atoms with Crippen molar-refractivity contribution in [3.8, 4) is 5.13 Å². The van der Waals surface area contributed by atoms with E-state index >= 15 is 0 Å². The number of amides is 1. The number of aromatic nitrogens is 3. The van der Waals surface area contributed by atoms with Crippen LogP contribution in [0.15, 0.2) is 59.5 Å². The van der Waals surface area contributed by atoms with Crippen molar-refractivity contribution < 1.29 is 4.79 Å². The molecule has 0 radical (unpaired) electrons. The summed E-state index contributed by atoms with van der Waals surface area (Å²) < 4.78 is 2.78. The van der Waals surface area contributed by atoms with Crippen LogP contribution in [0, 0.1) is 6.92 Å². The molecule has 0 atom stereocenters. The number of benzene rings is 2. The van der Waals surface area contributed by atoms with Crippen molar-refractivity contribution in [2.45, 2.75) is 18.7 Å². The molecule has 27 heavy (non-hydrogen) atoms. The minimum atomic E-state index is -0.157. The Morgan fingerprint density at radius 2 is 2.04 bits per heavy atom. The summed E-state index contributed by atoms with van der Waals surface area (Å²) in [6, 6.07) is 17.5. The summed E-state index contributed by atoms with van der Waals surface area (Å²) in [5, 5.41) is 8.23. The van der Waals surface area contributed by atoms with Crippen molar-refractivity contribution >= 4 is 45.0 Å². The molecule has 1 amide bonds. The highest BCUT2D eigenvalue weighted by Crippen LogP contribution is 2.27. The molecule has 4 aromatic rings. The fraction of sp³-hybridized carbons (Fsp3) is 0.150. The van der Waals surface area contributed by atoms with Crippen LogP contribution in [0.25, 0.3) is 15.3 Å². The highest BCUT2D eigenvalue weighted by molar-refractivity contribution is 7.99. The van der Waals surface area contributed by atoms with Crippen molar-refractivity contribution in [1.29, 1.82) is 0 Å². The number of para-hydroxylation sites is 1. The van der Waals surface area contributed by atoms with Crippen LogP contribution < -0.4 is 5.32 Å². The highest BCUT2D eigenvalue weighted by atomic mass is 32.2. The second-order valence-corrected chi connectivity index (χ2v) is 8.31. The van der Waals surface area contributed by atoms with E-state index in [1.165, 1.54) is 0 Å². The topological polar surface area (TPSA) is 59.8 Å². The third-order valence-electron chi connectivity index (χ3n) is 3.94. The van der Waals surface area contributed by atoms with Gasteiger partial charge in [0, 0.05) is 16.5 Å². The van der Waals surface area contributed by atoms with Crippen LogP contribution in [0.5, 0.6) is 0 Å². The Bertz CT molecular complexity index is 1080. The van der Waals surface area contributed by atoms with Gasteiger partial charge >= 0.3 is 0 Å². The van der Waals surface area contributed by atoms with Crippen molar-refractivity contribution in [2.24, 2.45) is 0 Å². The van der Waals surface area contributed by atoms with Gasteiger partial charge in [-0.3, -0.25) is 4.79 Å². The van der Waals surface area contributed by atoms with E-state index < -0.39 is 0 Å². The van der Waals surface area contributed by atoms with E-state index in [4.69, 9.17) is 0 Å². The monoisotopic (exact) mass is 394 g/mol. The first-order valence-electron chi connectivity index (χ1n) is 8.61. The maximum Gasteiger partial charge on any atom is 0.256 e. The van der Waals surface area contributed by atoms with E-state index in [0.717, 1.165) is 31.7 Å². The minimum absolute atomic E-state index is 0.157. The molecule has 0 fully saturated rings. The number of rotatable bonds is 5. The fourth-order valence-corrected chi connectivity index (χ4v) is 4.42. The molecule has 2 aromatic carbocycles.